The molecule has 0 amide bonds. The van der Waals surface area contributed by atoms with Crippen LogP contribution >= 0.6 is 35.4 Å². The van der Waals surface area contributed by atoms with E-state index in [4.69, 9.17) is 36.6 Å². The minimum absolute atomic E-state index is 0.177. The maximum Gasteiger partial charge on any atom is 0.466 e. The molecule has 1 aromatic heterocycles. The molecule has 0 unspecified atom stereocenters. The topological polar surface area (TPSA) is 140 Å². The molecular formula is C15H17BrClN2O5P. The Balaban J connectivity index is 0.000000209. The van der Waals surface area contributed by atoms with E-state index in [1.165, 1.54) is 11.8 Å². The van der Waals surface area contributed by atoms with Crippen LogP contribution in [0.15, 0.2) is 47.1 Å². The van der Waals surface area contributed by atoms with Gasteiger partial charge in [0.25, 0.3) is 0 Å². The predicted molar refractivity (Wildman–Crippen MR) is 103 cm³/mol. The molecular weight excluding hydrogens is 435 g/mol. The van der Waals surface area contributed by atoms with Crippen LogP contribution in [0.2, 0.25) is 5.02 Å². The number of nitrogen functional groups attached to an aromatic ring is 1. The maximum absolute atomic E-state index is 9.38. The highest BCUT2D eigenvalue weighted by atomic mass is 79.9. The largest absolute Gasteiger partial charge is 0.506 e. The van der Waals surface area contributed by atoms with E-state index >= 15 is 0 Å². The lowest BCUT2D eigenvalue weighted by Crippen LogP contribution is -1.81. The molecule has 25 heavy (non-hydrogen) atoms. The maximum atomic E-state index is 9.38. The number of aromatic nitrogens is 1. The molecule has 0 spiro atoms. The van der Waals surface area contributed by atoms with E-state index in [1.54, 1.807) is 0 Å². The summed E-state index contributed by atoms with van der Waals surface area (Å²) in [6.45, 7) is 2.04. The number of H-pyrrole nitrogens is 1. The smallest absolute Gasteiger partial charge is 0.466 e. The number of hydrogen-bond donors (Lipinski definition) is 6. The van der Waals surface area contributed by atoms with Crippen molar-refractivity contribution in [3.8, 4) is 5.75 Å². The van der Waals surface area contributed by atoms with E-state index in [0.29, 0.717) is 10.4 Å². The van der Waals surface area contributed by atoms with Gasteiger partial charge < -0.3 is 30.5 Å². The van der Waals surface area contributed by atoms with Gasteiger partial charge in [0.05, 0.1) is 15.9 Å². The fourth-order valence-electron chi connectivity index (χ4n) is 1.71. The quantitative estimate of drug-likeness (QED) is 0.226. The summed E-state index contributed by atoms with van der Waals surface area (Å²) in [6, 6.07) is 11.5. The molecule has 3 aromatic rings. The summed E-state index contributed by atoms with van der Waals surface area (Å²) in [7, 11) is -4.64. The van der Waals surface area contributed by atoms with Gasteiger partial charge in [-0.05, 0) is 47.1 Å². The first-order valence-corrected chi connectivity index (χ1v) is 9.47. The molecule has 0 bridgehead atoms. The highest BCUT2D eigenvalue weighted by Gasteiger charge is 2.08. The van der Waals surface area contributed by atoms with Gasteiger partial charge >= 0.3 is 7.82 Å². The number of fused-ring (bicyclic) bond motifs is 1. The first kappa shape index (κ1) is 21.5. The van der Waals surface area contributed by atoms with Crippen LogP contribution in [0, 0.1) is 6.92 Å². The van der Waals surface area contributed by atoms with Crippen molar-refractivity contribution in [2.24, 2.45) is 0 Å². The number of nitrogens with two attached hydrogens (primary N) is 1. The number of aromatic amines is 1. The number of aromatic hydroxyl groups is 1. The summed E-state index contributed by atoms with van der Waals surface area (Å²) >= 11 is 9.22. The van der Waals surface area contributed by atoms with Crippen molar-refractivity contribution < 1.29 is 24.4 Å². The van der Waals surface area contributed by atoms with Crippen molar-refractivity contribution >= 4 is 51.9 Å². The summed E-state index contributed by atoms with van der Waals surface area (Å²) < 4.78 is 9.67. The second-order valence-electron chi connectivity index (χ2n) is 4.88. The molecule has 10 heteroatoms. The van der Waals surface area contributed by atoms with Crippen LogP contribution in [0.3, 0.4) is 0 Å². The van der Waals surface area contributed by atoms with Gasteiger partial charge in [0.2, 0.25) is 0 Å². The number of anilines is 1. The zero-order chi connectivity index (χ0) is 19.2. The van der Waals surface area contributed by atoms with E-state index < -0.39 is 7.82 Å². The molecule has 7 nitrogen and oxygen atoms in total. The van der Waals surface area contributed by atoms with Crippen molar-refractivity contribution in [1.29, 1.82) is 0 Å². The fraction of sp³-hybridized carbons (Fsp3) is 0.0667. The Morgan fingerprint density at radius 2 is 1.64 bits per heavy atom. The normalized spacial score (nSPS) is 10.5. The van der Waals surface area contributed by atoms with E-state index in [-0.39, 0.29) is 5.75 Å². The van der Waals surface area contributed by atoms with E-state index in [1.807, 2.05) is 43.3 Å². The van der Waals surface area contributed by atoms with Crippen LogP contribution in [-0.4, -0.2) is 24.8 Å². The number of nitrogens with one attached hydrogen (secondary N) is 1. The zero-order valence-electron chi connectivity index (χ0n) is 13.0. The Morgan fingerprint density at radius 1 is 1.12 bits per heavy atom. The minimum Gasteiger partial charge on any atom is -0.506 e. The molecule has 0 aliphatic carbocycles. The molecule has 3 rings (SSSR count). The third-order valence-electron chi connectivity index (χ3n) is 2.79. The van der Waals surface area contributed by atoms with Crippen LogP contribution in [-0.2, 0) is 4.57 Å². The van der Waals surface area contributed by atoms with Crippen LogP contribution in [0.1, 0.15) is 5.56 Å². The molecule has 0 aliphatic rings. The molecule has 7 N–H and O–H groups in total. The van der Waals surface area contributed by atoms with Crippen molar-refractivity contribution in [1.82, 2.24) is 4.98 Å². The molecule has 136 valence electrons. The Hall–Kier alpha value is -1.54. The van der Waals surface area contributed by atoms with E-state index in [0.717, 1.165) is 15.7 Å². The lowest BCUT2D eigenvalue weighted by atomic mass is 10.2. The molecule has 0 aliphatic heterocycles. The average Bonchev–Trinajstić information content (AvgIpc) is 2.87. The van der Waals surface area contributed by atoms with Gasteiger partial charge in [-0.15, -0.1) is 0 Å². The highest BCUT2D eigenvalue weighted by molar-refractivity contribution is 9.10. The summed E-state index contributed by atoms with van der Waals surface area (Å²) in [5.74, 6) is 0.177. The lowest BCUT2D eigenvalue weighted by Gasteiger charge is -1.97. The first-order chi connectivity index (χ1) is 11.5. The van der Waals surface area contributed by atoms with Gasteiger partial charge in [-0.3, -0.25) is 0 Å². The zero-order valence-corrected chi connectivity index (χ0v) is 16.3. The van der Waals surface area contributed by atoms with Crippen LogP contribution in [0.4, 0.5) is 5.69 Å². The fourth-order valence-corrected chi connectivity index (χ4v) is 2.30. The lowest BCUT2D eigenvalue weighted by molar-refractivity contribution is 0.275. The molecule has 0 saturated heterocycles. The minimum atomic E-state index is -4.64. The number of rotatable bonds is 0. The standard InChI is InChI=1S/C8H5BrClNO.C7H9N.H3O4P/c9-4-1-2-5-7(8(4)10)6(12)3-11-5;1-6-2-4-7(8)5-3-6;1-5(2,3)4/h1-3,11-12H;2-5H,8H2,1H3;(H3,1,2,3,4). The van der Waals surface area contributed by atoms with Crippen molar-refractivity contribution in [2.45, 2.75) is 6.92 Å². The van der Waals surface area contributed by atoms with Crippen LogP contribution in [0.25, 0.3) is 10.9 Å². The van der Waals surface area contributed by atoms with Gasteiger partial charge in [0, 0.05) is 16.4 Å². The monoisotopic (exact) mass is 450 g/mol. The summed E-state index contributed by atoms with van der Waals surface area (Å²) in [6.07, 6.45) is 1.52. The summed E-state index contributed by atoms with van der Waals surface area (Å²) in [4.78, 5) is 24.5. The molecule has 2 aromatic carbocycles. The first-order valence-electron chi connectivity index (χ1n) is 6.73. The molecule has 0 radical (unpaired) electrons. The van der Waals surface area contributed by atoms with Gasteiger partial charge in [0.15, 0.2) is 0 Å². The van der Waals surface area contributed by atoms with Crippen LogP contribution in [0.5, 0.6) is 5.75 Å². The Morgan fingerprint density at radius 3 is 2.12 bits per heavy atom. The van der Waals surface area contributed by atoms with E-state index in [9.17, 15) is 5.11 Å². The summed E-state index contributed by atoms with van der Waals surface area (Å²) in [5, 5.41) is 10.6. The van der Waals surface area contributed by atoms with Crippen molar-refractivity contribution in [3.05, 3.63) is 57.7 Å². The average molecular weight is 452 g/mol. The van der Waals surface area contributed by atoms with Crippen LogP contribution < -0.4 is 5.73 Å². The Kier molecular flexibility index (Phi) is 7.95. The Bertz CT molecular complexity index is 850. The second kappa shape index (κ2) is 9.24. The Labute approximate surface area is 157 Å². The van der Waals surface area contributed by atoms with Crippen molar-refractivity contribution in [3.63, 3.8) is 0 Å². The van der Waals surface area contributed by atoms with Gasteiger partial charge in [0.1, 0.15) is 5.75 Å². The SMILES string of the molecule is Cc1ccc(N)cc1.O=P(O)(O)O.Oc1c[nH]c2ccc(Br)c(Cl)c12. The molecule has 0 saturated carbocycles. The highest BCUT2D eigenvalue weighted by Crippen LogP contribution is 2.35. The molecule has 0 atom stereocenters. The van der Waals surface area contributed by atoms with Gasteiger partial charge in [-0.25, -0.2) is 4.57 Å². The molecule has 1 heterocycles. The third kappa shape index (κ3) is 7.92. The van der Waals surface area contributed by atoms with E-state index in [2.05, 4.69) is 20.9 Å². The third-order valence-corrected chi connectivity index (χ3v) is 4.07. The predicted octanol–water partition coefficient (Wildman–Crippen LogP) is 3.94. The van der Waals surface area contributed by atoms with Gasteiger partial charge in [-0.2, -0.15) is 0 Å². The van der Waals surface area contributed by atoms with Gasteiger partial charge in [-0.1, -0.05) is 29.3 Å². The summed E-state index contributed by atoms with van der Waals surface area (Å²) in [5.41, 5.74) is 8.34. The van der Waals surface area contributed by atoms with Crippen molar-refractivity contribution in [2.75, 3.05) is 5.73 Å². The molecule has 0 fully saturated rings. The second-order valence-corrected chi connectivity index (χ2v) is 7.14. The number of benzene rings is 2. The number of phosphoric acid groups is 1. The number of aryl methyl sites for hydroxylation is 1. The number of halogens is 2. The number of hydrogen-bond acceptors (Lipinski definition) is 3.